The second-order valence-corrected chi connectivity index (χ2v) is 4.47. The van der Waals surface area contributed by atoms with Crippen LogP contribution in [0.5, 0.6) is 5.75 Å². The number of hydrogen-bond acceptors (Lipinski definition) is 2. The molecular weight excluding hydrogens is 312 g/mol. The summed E-state index contributed by atoms with van der Waals surface area (Å²) in [5, 5.41) is 9.50. The zero-order valence-corrected chi connectivity index (χ0v) is 10.2. The van der Waals surface area contributed by atoms with E-state index in [0.717, 1.165) is 11.3 Å². The van der Waals surface area contributed by atoms with Crippen molar-refractivity contribution in [2.45, 2.75) is 0 Å². The van der Waals surface area contributed by atoms with Crippen LogP contribution < -0.4 is 0 Å². The molecular formula is C10H6Br2O2. The van der Waals surface area contributed by atoms with E-state index in [0.29, 0.717) is 8.95 Å². The molecule has 1 N–H and O–H groups in total. The van der Waals surface area contributed by atoms with Crippen molar-refractivity contribution in [3.8, 4) is 17.1 Å². The molecule has 1 aromatic heterocycles. The van der Waals surface area contributed by atoms with Crippen molar-refractivity contribution in [3.63, 3.8) is 0 Å². The molecule has 2 rings (SSSR count). The molecule has 0 amide bonds. The molecule has 0 aliphatic rings. The third-order valence-corrected chi connectivity index (χ3v) is 3.03. The Bertz CT molecular complexity index is 426. The molecule has 1 aromatic carbocycles. The summed E-state index contributed by atoms with van der Waals surface area (Å²) in [4.78, 5) is 0. The second kappa shape index (κ2) is 3.79. The molecule has 0 saturated heterocycles. The lowest BCUT2D eigenvalue weighted by molar-refractivity contribution is 0.468. The standard InChI is InChI=1S/C10H6Br2O2/c11-7-4-6(5-8(12)10(7)13)9-2-1-3-14-9/h1-5,13H. The van der Waals surface area contributed by atoms with Gasteiger partial charge in [-0.25, -0.2) is 0 Å². The van der Waals surface area contributed by atoms with Crippen molar-refractivity contribution in [1.82, 2.24) is 0 Å². The molecule has 1 heterocycles. The van der Waals surface area contributed by atoms with Gasteiger partial charge in [0.2, 0.25) is 0 Å². The fourth-order valence-electron chi connectivity index (χ4n) is 1.15. The van der Waals surface area contributed by atoms with Crippen LogP contribution in [0.25, 0.3) is 11.3 Å². The average Bonchev–Trinajstić information content (AvgIpc) is 2.66. The van der Waals surface area contributed by atoms with E-state index in [9.17, 15) is 5.11 Å². The Morgan fingerprint density at radius 1 is 1.14 bits per heavy atom. The van der Waals surface area contributed by atoms with Gasteiger partial charge in [0, 0.05) is 5.56 Å². The Kier molecular flexibility index (Phi) is 2.65. The molecule has 0 spiro atoms. The third-order valence-electron chi connectivity index (χ3n) is 1.82. The van der Waals surface area contributed by atoms with E-state index in [1.807, 2.05) is 12.1 Å². The number of furan rings is 1. The summed E-state index contributed by atoms with van der Waals surface area (Å²) >= 11 is 6.52. The number of phenolic OH excluding ortho intramolecular Hbond substituents is 1. The zero-order chi connectivity index (χ0) is 10.1. The summed E-state index contributed by atoms with van der Waals surface area (Å²) in [7, 11) is 0. The Morgan fingerprint density at radius 2 is 1.79 bits per heavy atom. The molecule has 0 aliphatic carbocycles. The van der Waals surface area contributed by atoms with Crippen LogP contribution in [0.1, 0.15) is 0 Å². The lowest BCUT2D eigenvalue weighted by Gasteiger charge is -2.03. The van der Waals surface area contributed by atoms with Gasteiger partial charge in [-0.3, -0.25) is 0 Å². The van der Waals surface area contributed by atoms with Crippen LogP contribution in [0.15, 0.2) is 43.9 Å². The van der Waals surface area contributed by atoms with Crippen LogP contribution in [0.4, 0.5) is 0 Å². The van der Waals surface area contributed by atoms with Gasteiger partial charge in [0.25, 0.3) is 0 Å². The molecule has 0 aliphatic heterocycles. The third kappa shape index (κ3) is 1.72. The van der Waals surface area contributed by atoms with Crippen molar-refractivity contribution in [3.05, 3.63) is 39.5 Å². The molecule has 0 radical (unpaired) electrons. The number of phenols is 1. The fraction of sp³-hybridized carbons (Fsp3) is 0. The van der Waals surface area contributed by atoms with Gasteiger partial charge in [0.1, 0.15) is 11.5 Å². The Hall–Kier alpha value is -0.740. The van der Waals surface area contributed by atoms with Crippen molar-refractivity contribution in [2.75, 3.05) is 0 Å². The van der Waals surface area contributed by atoms with E-state index in [4.69, 9.17) is 4.42 Å². The van der Waals surface area contributed by atoms with E-state index in [2.05, 4.69) is 31.9 Å². The molecule has 0 unspecified atom stereocenters. The average molecular weight is 318 g/mol. The van der Waals surface area contributed by atoms with E-state index >= 15 is 0 Å². The molecule has 0 bridgehead atoms. The van der Waals surface area contributed by atoms with Gasteiger partial charge in [0.15, 0.2) is 0 Å². The molecule has 0 fully saturated rings. The van der Waals surface area contributed by atoms with Crippen LogP contribution in [-0.2, 0) is 0 Å². The van der Waals surface area contributed by atoms with E-state index in [-0.39, 0.29) is 5.75 Å². The normalized spacial score (nSPS) is 10.4. The Morgan fingerprint density at radius 3 is 2.29 bits per heavy atom. The van der Waals surface area contributed by atoms with Crippen LogP contribution in [0, 0.1) is 0 Å². The molecule has 2 aromatic rings. The second-order valence-electron chi connectivity index (χ2n) is 2.77. The number of halogens is 2. The zero-order valence-electron chi connectivity index (χ0n) is 7.00. The molecule has 2 nitrogen and oxygen atoms in total. The SMILES string of the molecule is Oc1c(Br)cc(-c2ccco2)cc1Br. The molecule has 14 heavy (non-hydrogen) atoms. The quantitative estimate of drug-likeness (QED) is 0.856. The van der Waals surface area contributed by atoms with E-state index in [1.165, 1.54) is 0 Å². The summed E-state index contributed by atoms with van der Waals surface area (Å²) in [6.07, 6.45) is 1.62. The first kappa shape index (κ1) is 9.80. The maximum atomic E-state index is 9.50. The number of aromatic hydroxyl groups is 1. The summed E-state index contributed by atoms with van der Waals surface area (Å²) in [6.45, 7) is 0. The number of rotatable bonds is 1. The topological polar surface area (TPSA) is 33.4 Å². The fourth-order valence-corrected chi connectivity index (χ4v) is 2.34. The van der Waals surface area contributed by atoms with Crippen molar-refractivity contribution in [1.29, 1.82) is 0 Å². The monoisotopic (exact) mass is 316 g/mol. The summed E-state index contributed by atoms with van der Waals surface area (Å²) in [6, 6.07) is 7.30. The molecule has 72 valence electrons. The summed E-state index contributed by atoms with van der Waals surface area (Å²) in [5.41, 5.74) is 0.909. The minimum atomic E-state index is 0.195. The largest absolute Gasteiger partial charge is 0.506 e. The Labute approximate surface area is 97.8 Å². The molecule has 0 saturated carbocycles. The first-order chi connectivity index (χ1) is 6.68. The highest BCUT2D eigenvalue weighted by molar-refractivity contribution is 9.11. The number of benzene rings is 1. The number of hydrogen-bond donors (Lipinski definition) is 1. The van der Waals surface area contributed by atoms with E-state index in [1.54, 1.807) is 18.4 Å². The van der Waals surface area contributed by atoms with Gasteiger partial charge >= 0.3 is 0 Å². The maximum absolute atomic E-state index is 9.50. The Balaban J connectivity index is 2.57. The van der Waals surface area contributed by atoms with Gasteiger partial charge in [0.05, 0.1) is 15.2 Å². The molecule has 0 atom stereocenters. The minimum Gasteiger partial charge on any atom is -0.506 e. The minimum absolute atomic E-state index is 0.195. The highest BCUT2D eigenvalue weighted by atomic mass is 79.9. The van der Waals surface area contributed by atoms with Crippen molar-refractivity contribution < 1.29 is 9.52 Å². The van der Waals surface area contributed by atoms with Crippen LogP contribution in [0.3, 0.4) is 0 Å². The van der Waals surface area contributed by atoms with E-state index < -0.39 is 0 Å². The van der Waals surface area contributed by atoms with Gasteiger partial charge in [-0.2, -0.15) is 0 Å². The van der Waals surface area contributed by atoms with Gasteiger partial charge < -0.3 is 9.52 Å². The van der Waals surface area contributed by atoms with Gasteiger partial charge in [-0.15, -0.1) is 0 Å². The van der Waals surface area contributed by atoms with Crippen LogP contribution >= 0.6 is 31.9 Å². The van der Waals surface area contributed by atoms with Crippen molar-refractivity contribution >= 4 is 31.9 Å². The highest BCUT2D eigenvalue weighted by Gasteiger charge is 2.08. The lowest BCUT2D eigenvalue weighted by Crippen LogP contribution is -1.77. The maximum Gasteiger partial charge on any atom is 0.143 e. The summed E-state index contributed by atoms with van der Waals surface area (Å²) in [5.74, 6) is 0.965. The van der Waals surface area contributed by atoms with Gasteiger partial charge in [-0.1, -0.05) is 0 Å². The van der Waals surface area contributed by atoms with Gasteiger partial charge in [-0.05, 0) is 56.1 Å². The predicted octanol–water partition coefficient (Wildman–Crippen LogP) is 4.18. The lowest BCUT2D eigenvalue weighted by atomic mass is 10.2. The predicted molar refractivity (Wildman–Crippen MR) is 61.2 cm³/mol. The van der Waals surface area contributed by atoms with Crippen LogP contribution in [-0.4, -0.2) is 5.11 Å². The highest BCUT2D eigenvalue weighted by Crippen LogP contribution is 2.36. The first-order valence-corrected chi connectivity index (χ1v) is 5.49. The smallest absolute Gasteiger partial charge is 0.143 e. The van der Waals surface area contributed by atoms with Crippen molar-refractivity contribution in [2.24, 2.45) is 0 Å². The first-order valence-electron chi connectivity index (χ1n) is 3.90. The van der Waals surface area contributed by atoms with Crippen LogP contribution in [0.2, 0.25) is 0 Å². The molecule has 4 heteroatoms. The summed E-state index contributed by atoms with van der Waals surface area (Å²) < 4.78 is 6.52.